The summed E-state index contributed by atoms with van der Waals surface area (Å²) < 4.78 is 0. The molecule has 2 aromatic heterocycles. The molecule has 0 N–H and O–H groups in total. The van der Waals surface area contributed by atoms with E-state index in [0.717, 1.165) is 36.9 Å². The average Bonchev–Trinajstić information content (AvgIpc) is 3.37. The fraction of sp³-hybridized carbons (Fsp3) is 0.368. The maximum Gasteiger partial charge on any atom is 0.225 e. The van der Waals surface area contributed by atoms with Gasteiger partial charge in [-0.25, -0.2) is 9.97 Å². The number of rotatable bonds is 3. The van der Waals surface area contributed by atoms with E-state index < -0.39 is 0 Å². The molecule has 2 fully saturated rings. The number of nitrogens with zero attached hydrogens (tertiary/aromatic N) is 8. The smallest absolute Gasteiger partial charge is 0.225 e. The van der Waals surface area contributed by atoms with Crippen molar-refractivity contribution < 1.29 is 0 Å². The number of tetrazole rings is 1. The summed E-state index contributed by atoms with van der Waals surface area (Å²) in [5.74, 6) is 2.48. The Kier molecular flexibility index (Phi) is 3.77. The number of benzene rings is 1. The first-order valence-corrected chi connectivity index (χ1v) is 9.10. The van der Waals surface area contributed by atoms with Gasteiger partial charge in [-0.2, -0.15) is 4.80 Å². The van der Waals surface area contributed by atoms with Crippen LogP contribution in [0.5, 0.6) is 0 Å². The van der Waals surface area contributed by atoms with Crippen LogP contribution in [0, 0.1) is 25.8 Å². The summed E-state index contributed by atoms with van der Waals surface area (Å²) in [6.07, 6.45) is 3.46. The highest BCUT2D eigenvalue weighted by molar-refractivity contribution is 5.55. The highest BCUT2D eigenvalue weighted by Crippen LogP contribution is 2.36. The van der Waals surface area contributed by atoms with Gasteiger partial charge in [-0.05, 0) is 23.8 Å². The zero-order valence-corrected chi connectivity index (χ0v) is 15.1. The summed E-state index contributed by atoms with van der Waals surface area (Å²) in [7, 11) is 5.44. The molecular formula is C19H20N8. The number of para-hydroxylation sites is 1. The molecule has 4 heterocycles. The predicted octanol–water partition coefficient (Wildman–Crippen LogP) is 1.53. The van der Waals surface area contributed by atoms with Gasteiger partial charge in [0.25, 0.3) is 0 Å². The maximum atomic E-state index is 5.44. The summed E-state index contributed by atoms with van der Waals surface area (Å²) in [6.45, 7) is 6.34. The second kappa shape index (κ2) is 6.29. The van der Waals surface area contributed by atoms with Crippen molar-refractivity contribution in [1.29, 1.82) is 0 Å². The molecule has 2 aliphatic rings. The Morgan fingerprint density at radius 3 is 2.26 bits per heavy atom. The zero-order chi connectivity index (χ0) is 18.4. The van der Waals surface area contributed by atoms with E-state index in [0.29, 0.717) is 23.2 Å². The number of hydrogen-bond donors (Lipinski definition) is 0. The first-order valence-electron chi connectivity index (χ1n) is 9.10. The Bertz CT molecular complexity index is 936. The van der Waals surface area contributed by atoms with Gasteiger partial charge >= 0.3 is 0 Å². The molecule has 1 aromatic carbocycles. The summed E-state index contributed by atoms with van der Waals surface area (Å²) in [5, 5.41) is 11.5. The Balaban J connectivity index is 1.27. The van der Waals surface area contributed by atoms with Crippen LogP contribution < -0.4 is 9.80 Å². The van der Waals surface area contributed by atoms with Gasteiger partial charge in [0.1, 0.15) is 7.05 Å². The molecule has 2 radical (unpaired) electrons. The van der Waals surface area contributed by atoms with Crippen LogP contribution in [0.1, 0.15) is 5.56 Å². The Morgan fingerprint density at radius 1 is 0.963 bits per heavy atom. The van der Waals surface area contributed by atoms with E-state index in [4.69, 9.17) is 7.05 Å². The lowest BCUT2D eigenvalue weighted by Gasteiger charge is -2.24. The Morgan fingerprint density at radius 2 is 1.63 bits per heavy atom. The lowest BCUT2D eigenvalue weighted by atomic mass is 10.0. The van der Waals surface area contributed by atoms with Gasteiger partial charge in [-0.15, -0.1) is 10.2 Å². The van der Waals surface area contributed by atoms with Crippen molar-refractivity contribution in [3.8, 4) is 11.4 Å². The number of aryl methyl sites for hydroxylation is 1. The van der Waals surface area contributed by atoms with Crippen LogP contribution in [0.3, 0.4) is 0 Å². The molecule has 2 aliphatic heterocycles. The third-order valence-electron chi connectivity index (χ3n) is 5.55. The van der Waals surface area contributed by atoms with E-state index in [9.17, 15) is 0 Å². The van der Waals surface area contributed by atoms with Crippen LogP contribution in [-0.4, -0.2) is 56.4 Å². The van der Waals surface area contributed by atoms with Crippen molar-refractivity contribution in [2.45, 2.75) is 6.92 Å². The average molecular weight is 360 g/mol. The van der Waals surface area contributed by atoms with Gasteiger partial charge in [-0.1, -0.05) is 18.2 Å². The molecule has 2 saturated heterocycles. The molecule has 0 spiro atoms. The van der Waals surface area contributed by atoms with Crippen LogP contribution in [-0.2, 0) is 0 Å². The first-order chi connectivity index (χ1) is 13.2. The summed E-state index contributed by atoms with van der Waals surface area (Å²) >= 11 is 0. The van der Waals surface area contributed by atoms with Gasteiger partial charge < -0.3 is 9.80 Å². The lowest BCUT2D eigenvalue weighted by molar-refractivity contribution is 0.533. The summed E-state index contributed by atoms with van der Waals surface area (Å²) in [5.41, 5.74) is 3.41. The quantitative estimate of drug-likeness (QED) is 0.701. The molecule has 8 nitrogen and oxygen atoms in total. The molecule has 2 atom stereocenters. The molecule has 8 heteroatoms. The first kappa shape index (κ1) is 16.2. The molecule has 0 aliphatic carbocycles. The number of fused-ring (bicyclic) bond motifs is 1. The minimum atomic E-state index is 0.427. The minimum absolute atomic E-state index is 0.427. The molecule has 0 bridgehead atoms. The minimum Gasteiger partial charge on any atom is -0.371 e. The molecular weight excluding hydrogens is 340 g/mol. The SMILES string of the molecule is [CH]n1nnc(-c2cnc(N3CC4CN(c5ccccc5C)CC4C3)nc2)n1. The molecule has 0 saturated carbocycles. The summed E-state index contributed by atoms with van der Waals surface area (Å²) in [4.78, 5) is 14.8. The highest BCUT2D eigenvalue weighted by Gasteiger charge is 2.41. The highest BCUT2D eigenvalue weighted by atomic mass is 15.6. The van der Waals surface area contributed by atoms with E-state index in [1.807, 2.05) is 0 Å². The van der Waals surface area contributed by atoms with E-state index in [-0.39, 0.29) is 0 Å². The van der Waals surface area contributed by atoms with Crippen LogP contribution in [0.4, 0.5) is 11.6 Å². The zero-order valence-electron chi connectivity index (χ0n) is 15.1. The van der Waals surface area contributed by atoms with Crippen LogP contribution in [0.2, 0.25) is 0 Å². The monoisotopic (exact) mass is 360 g/mol. The molecule has 5 rings (SSSR count). The fourth-order valence-electron chi connectivity index (χ4n) is 4.21. The maximum absolute atomic E-state index is 5.44. The van der Waals surface area contributed by atoms with Crippen LogP contribution in [0.15, 0.2) is 36.7 Å². The molecule has 2 unspecified atom stereocenters. The van der Waals surface area contributed by atoms with Gasteiger partial charge in [0.05, 0.1) is 5.56 Å². The normalized spacial score (nSPS) is 21.7. The molecule has 0 amide bonds. The molecule has 3 aromatic rings. The molecule has 27 heavy (non-hydrogen) atoms. The van der Waals surface area contributed by atoms with Crippen molar-refractivity contribution in [3.63, 3.8) is 0 Å². The lowest BCUT2D eigenvalue weighted by Crippen LogP contribution is -2.30. The standard InChI is InChI=1S/C19H20N8/c1-13-5-3-4-6-17(13)26-9-15-11-27(12-16(15)10-26)19-20-7-14(8-21-19)18-22-24-25(2)23-18/h2-8,15-16H,9-12H2,1H3. The number of hydrogen-bond acceptors (Lipinski definition) is 7. The number of anilines is 2. The second-order valence-electron chi connectivity index (χ2n) is 7.32. The van der Waals surface area contributed by atoms with Crippen molar-refractivity contribution in [2.24, 2.45) is 11.8 Å². The van der Waals surface area contributed by atoms with Gasteiger partial charge in [0.15, 0.2) is 0 Å². The van der Waals surface area contributed by atoms with Gasteiger partial charge in [0, 0.05) is 56.1 Å². The number of aromatic nitrogens is 6. The third kappa shape index (κ3) is 2.90. The van der Waals surface area contributed by atoms with E-state index in [1.54, 1.807) is 12.4 Å². The largest absolute Gasteiger partial charge is 0.371 e. The van der Waals surface area contributed by atoms with Crippen molar-refractivity contribution >= 4 is 11.6 Å². The Labute approximate surface area is 157 Å². The third-order valence-corrected chi connectivity index (χ3v) is 5.55. The van der Waals surface area contributed by atoms with Crippen molar-refractivity contribution in [2.75, 3.05) is 36.0 Å². The van der Waals surface area contributed by atoms with Crippen molar-refractivity contribution in [3.05, 3.63) is 49.3 Å². The van der Waals surface area contributed by atoms with E-state index in [1.165, 1.54) is 11.3 Å². The van der Waals surface area contributed by atoms with Crippen LogP contribution >= 0.6 is 0 Å². The summed E-state index contributed by atoms with van der Waals surface area (Å²) in [6, 6.07) is 8.63. The fourth-order valence-corrected chi connectivity index (χ4v) is 4.21. The van der Waals surface area contributed by atoms with Gasteiger partial charge in [0.2, 0.25) is 11.8 Å². The molecule has 136 valence electrons. The van der Waals surface area contributed by atoms with E-state index in [2.05, 4.69) is 66.4 Å². The van der Waals surface area contributed by atoms with Crippen molar-refractivity contribution in [1.82, 2.24) is 30.2 Å². The van der Waals surface area contributed by atoms with E-state index >= 15 is 0 Å². The second-order valence-corrected chi connectivity index (χ2v) is 7.32. The van der Waals surface area contributed by atoms with Crippen LogP contribution in [0.25, 0.3) is 11.4 Å². The topological polar surface area (TPSA) is 75.9 Å². The van der Waals surface area contributed by atoms with Gasteiger partial charge in [-0.3, -0.25) is 0 Å². The predicted molar refractivity (Wildman–Crippen MR) is 101 cm³/mol. The Hall–Kier alpha value is -3.03.